The molecule has 1 aliphatic rings. The molecule has 1 heterocycles. The van der Waals surface area contributed by atoms with Crippen LogP contribution in [0.25, 0.3) is 0 Å². The highest BCUT2D eigenvalue weighted by molar-refractivity contribution is 6.06. The molecule has 2 aromatic rings. The molecule has 42 heavy (non-hydrogen) atoms. The fourth-order valence-electron chi connectivity index (χ4n) is 5.73. The standard InChI is InChI=1S/C37H55NO4/c1-3-5-7-9-11-12-13-14-15-16-18-22-30-41-32-27-25-31(26-28-32)36-38(29-21-17-10-8-6-4-2)35(39)33-23-19-20-24-34(33)37(40)42-36/h19-20,23-28,36H,3-18,21-22,29-30H2,1-2H3. The second-order valence-electron chi connectivity index (χ2n) is 11.9. The van der Waals surface area contributed by atoms with E-state index in [1.807, 2.05) is 24.3 Å². The molecule has 1 aliphatic heterocycles. The summed E-state index contributed by atoms with van der Waals surface area (Å²) in [4.78, 5) is 28.4. The van der Waals surface area contributed by atoms with E-state index in [0.717, 1.165) is 37.0 Å². The highest BCUT2D eigenvalue weighted by atomic mass is 16.6. The minimum Gasteiger partial charge on any atom is -0.494 e. The van der Waals surface area contributed by atoms with Gasteiger partial charge in [0.25, 0.3) is 5.91 Å². The summed E-state index contributed by atoms with van der Waals surface area (Å²) in [6.07, 6.45) is 21.9. The van der Waals surface area contributed by atoms with Crippen molar-refractivity contribution in [1.29, 1.82) is 0 Å². The van der Waals surface area contributed by atoms with Crippen LogP contribution in [0.5, 0.6) is 5.75 Å². The molecule has 0 N–H and O–H groups in total. The number of hydrogen-bond donors (Lipinski definition) is 0. The predicted molar refractivity (Wildman–Crippen MR) is 172 cm³/mol. The molecule has 0 fully saturated rings. The van der Waals surface area contributed by atoms with Crippen LogP contribution in [0, 0.1) is 0 Å². The maximum Gasteiger partial charge on any atom is 0.341 e. The van der Waals surface area contributed by atoms with Gasteiger partial charge in [0.15, 0.2) is 0 Å². The third-order valence-corrected chi connectivity index (χ3v) is 8.32. The molecule has 1 unspecified atom stereocenters. The van der Waals surface area contributed by atoms with Gasteiger partial charge in [-0.1, -0.05) is 129 Å². The van der Waals surface area contributed by atoms with Crippen LogP contribution in [0.3, 0.4) is 0 Å². The van der Waals surface area contributed by atoms with Crippen molar-refractivity contribution in [2.45, 2.75) is 136 Å². The molecule has 5 nitrogen and oxygen atoms in total. The van der Waals surface area contributed by atoms with Gasteiger partial charge in [-0.25, -0.2) is 4.79 Å². The Balaban J connectivity index is 1.45. The van der Waals surface area contributed by atoms with E-state index in [1.165, 1.54) is 89.9 Å². The zero-order chi connectivity index (χ0) is 29.8. The van der Waals surface area contributed by atoms with Crippen molar-refractivity contribution in [3.63, 3.8) is 0 Å². The Labute approximate surface area is 255 Å². The predicted octanol–water partition coefficient (Wildman–Crippen LogP) is 10.4. The number of hydrogen-bond acceptors (Lipinski definition) is 4. The average molecular weight is 578 g/mol. The van der Waals surface area contributed by atoms with E-state index in [9.17, 15) is 9.59 Å². The third-order valence-electron chi connectivity index (χ3n) is 8.32. The number of nitrogens with zero attached hydrogens (tertiary/aromatic N) is 1. The largest absolute Gasteiger partial charge is 0.494 e. The fourth-order valence-corrected chi connectivity index (χ4v) is 5.73. The SMILES string of the molecule is CCCCCCCCCCCCCCOc1ccc(C2OC(=O)c3ccccc3C(=O)N2CCCCCCCC)cc1. The highest BCUT2D eigenvalue weighted by Gasteiger charge is 2.35. The van der Waals surface area contributed by atoms with Gasteiger partial charge < -0.3 is 9.47 Å². The van der Waals surface area contributed by atoms with E-state index < -0.39 is 12.2 Å². The second-order valence-corrected chi connectivity index (χ2v) is 11.9. The van der Waals surface area contributed by atoms with Gasteiger partial charge in [0.05, 0.1) is 17.7 Å². The van der Waals surface area contributed by atoms with Crippen molar-refractivity contribution < 1.29 is 19.1 Å². The molecule has 1 amide bonds. The summed E-state index contributed by atoms with van der Waals surface area (Å²) in [5, 5.41) is 0. The zero-order valence-electron chi connectivity index (χ0n) is 26.4. The number of esters is 1. The van der Waals surface area contributed by atoms with Crippen LogP contribution in [-0.4, -0.2) is 29.9 Å². The molecule has 0 saturated carbocycles. The molecule has 5 heteroatoms. The number of unbranched alkanes of at least 4 members (excludes halogenated alkanes) is 16. The van der Waals surface area contributed by atoms with E-state index in [1.54, 1.807) is 29.2 Å². The Morgan fingerprint density at radius 3 is 1.69 bits per heavy atom. The van der Waals surface area contributed by atoms with Gasteiger partial charge in [0.2, 0.25) is 6.23 Å². The van der Waals surface area contributed by atoms with Crippen LogP contribution in [0.4, 0.5) is 0 Å². The highest BCUT2D eigenvalue weighted by Crippen LogP contribution is 2.32. The zero-order valence-corrected chi connectivity index (χ0v) is 26.4. The Morgan fingerprint density at radius 1 is 0.619 bits per heavy atom. The van der Waals surface area contributed by atoms with Crippen LogP contribution in [-0.2, 0) is 4.74 Å². The molecule has 1 atom stereocenters. The Morgan fingerprint density at radius 2 is 1.12 bits per heavy atom. The summed E-state index contributed by atoms with van der Waals surface area (Å²) >= 11 is 0. The minimum atomic E-state index is -0.751. The molecule has 0 radical (unpaired) electrons. The minimum absolute atomic E-state index is 0.151. The van der Waals surface area contributed by atoms with Crippen molar-refractivity contribution in [3.8, 4) is 5.75 Å². The first-order valence-corrected chi connectivity index (χ1v) is 17.0. The van der Waals surface area contributed by atoms with E-state index in [-0.39, 0.29) is 5.91 Å². The maximum absolute atomic E-state index is 13.6. The van der Waals surface area contributed by atoms with Crippen LogP contribution in [0.2, 0.25) is 0 Å². The fraction of sp³-hybridized carbons (Fsp3) is 0.622. The summed E-state index contributed by atoms with van der Waals surface area (Å²) in [5.41, 5.74) is 1.53. The van der Waals surface area contributed by atoms with E-state index in [2.05, 4.69) is 13.8 Å². The smallest absolute Gasteiger partial charge is 0.341 e. The molecule has 0 aromatic heterocycles. The Kier molecular flexibility index (Phi) is 16.2. The molecule has 0 aliphatic carbocycles. The van der Waals surface area contributed by atoms with Crippen molar-refractivity contribution in [2.75, 3.05) is 13.2 Å². The van der Waals surface area contributed by atoms with Gasteiger partial charge in [-0.05, 0) is 49.2 Å². The van der Waals surface area contributed by atoms with E-state index in [4.69, 9.17) is 9.47 Å². The number of carbonyl (C=O) groups is 2. The lowest BCUT2D eigenvalue weighted by molar-refractivity contribution is -0.0224. The Bertz CT molecular complexity index is 1030. The molecule has 232 valence electrons. The summed E-state index contributed by atoms with van der Waals surface area (Å²) in [5.74, 6) is 0.197. The van der Waals surface area contributed by atoms with Gasteiger partial charge >= 0.3 is 5.97 Å². The number of cyclic esters (lactones) is 1. The summed E-state index contributed by atoms with van der Waals surface area (Å²) < 4.78 is 12.0. The van der Waals surface area contributed by atoms with Gasteiger partial charge in [-0.2, -0.15) is 0 Å². The normalized spacial score (nSPS) is 14.9. The van der Waals surface area contributed by atoms with E-state index >= 15 is 0 Å². The summed E-state index contributed by atoms with van der Waals surface area (Å²) in [6, 6.07) is 14.7. The lowest BCUT2D eigenvalue weighted by atomic mass is 10.1. The maximum atomic E-state index is 13.6. The monoisotopic (exact) mass is 577 g/mol. The average Bonchev–Trinajstić information content (AvgIpc) is 3.12. The first-order valence-electron chi connectivity index (χ1n) is 17.0. The van der Waals surface area contributed by atoms with Gasteiger partial charge in [-0.15, -0.1) is 0 Å². The van der Waals surface area contributed by atoms with E-state index in [0.29, 0.717) is 24.3 Å². The van der Waals surface area contributed by atoms with Crippen LogP contribution in [0.15, 0.2) is 48.5 Å². The Hall–Kier alpha value is -2.82. The molecule has 0 bridgehead atoms. The van der Waals surface area contributed by atoms with Gasteiger partial charge in [0.1, 0.15) is 5.75 Å². The van der Waals surface area contributed by atoms with Crippen LogP contribution < -0.4 is 4.74 Å². The second kappa shape index (κ2) is 20.1. The summed E-state index contributed by atoms with van der Waals surface area (Å²) in [7, 11) is 0. The first kappa shape index (κ1) is 33.7. The van der Waals surface area contributed by atoms with Crippen molar-refractivity contribution in [2.24, 2.45) is 0 Å². The molecular weight excluding hydrogens is 522 g/mol. The lowest BCUT2D eigenvalue weighted by Crippen LogP contribution is -2.36. The molecule has 2 aromatic carbocycles. The van der Waals surface area contributed by atoms with Gasteiger partial charge in [0, 0.05) is 12.1 Å². The van der Waals surface area contributed by atoms with Crippen molar-refractivity contribution >= 4 is 11.9 Å². The molecule has 0 saturated heterocycles. The van der Waals surface area contributed by atoms with Crippen molar-refractivity contribution in [1.82, 2.24) is 4.90 Å². The molecular formula is C37H55NO4. The number of fused-ring (bicyclic) bond motifs is 1. The van der Waals surface area contributed by atoms with Gasteiger partial charge in [-0.3, -0.25) is 9.69 Å². The number of amides is 1. The van der Waals surface area contributed by atoms with Crippen molar-refractivity contribution in [3.05, 3.63) is 65.2 Å². The topological polar surface area (TPSA) is 55.8 Å². The lowest BCUT2D eigenvalue weighted by Gasteiger charge is -2.29. The molecule has 3 rings (SSSR count). The quantitative estimate of drug-likeness (QED) is 0.103. The van der Waals surface area contributed by atoms with Crippen LogP contribution in [0.1, 0.15) is 162 Å². The first-order chi connectivity index (χ1) is 20.7. The number of carbonyl (C=O) groups excluding carboxylic acids is 2. The van der Waals surface area contributed by atoms with Crippen LogP contribution >= 0.6 is 0 Å². The third kappa shape index (κ3) is 11.5. The number of benzene rings is 2. The molecule has 0 spiro atoms. The number of rotatable bonds is 22. The summed E-state index contributed by atoms with van der Waals surface area (Å²) in [6.45, 7) is 5.73. The number of ether oxygens (including phenoxy) is 2.